The zero-order valence-electron chi connectivity index (χ0n) is 9.37. The van der Waals surface area contributed by atoms with Crippen molar-refractivity contribution in [2.45, 2.75) is 19.4 Å². The summed E-state index contributed by atoms with van der Waals surface area (Å²) < 4.78 is 0.589. The van der Waals surface area contributed by atoms with Crippen LogP contribution < -0.4 is 5.32 Å². The van der Waals surface area contributed by atoms with Crippen molar-refractivity contribution in [1.82, 2.24) is 10.3 Å². The van der Waals surface area contributed by atoms with Gasteiger partial charge in [0.05, 0.1) is 5.56 Å². The number of aromatic nitrogens is 1. The Labute approximate surface area is 109 Å². The van der Waals surface area contributed by atoms with Crippen molar-refractivity contribution < 1.29 is 4.79 Å². The third kappa shape index (κ3) is 3.79. The van der Waals surface area contributed by atoms with Gasteiger partial charge in [0, 0.05) is 18.0 Å². The van der Waals surface area contributed by atoms with E-state index in [1.54, 1.807) is 30.1 Å². The Morgan fingerprint density at radius 1 is 1.69 bits per heavy atom. The normalized spacial score (nSPS) is 12.2. The molecule has 3 nitrogen and oxygen atoms in total. The van der Waals surface area contributed by atoms with Gasteiger partial charge >= 0.3 is 0 Å². The monoisotopic (exact) mass is 302 g/mol. The van der Waals surface area contributed by atoms with E-state index in [1.165, 1.54) is 0 Å². The van der Waals surface area contributed by atoms with Crippen LogP contribution in [0.2, 0.25) is 0 Å². The first-order chi connectivity index (χ1) is 7.69. The molecule has 5 heteroatoms. The number of nitrogens with zero attached hydrogens (tertiary/aromatic N) is 1. The lowest BCUT2D eigenvalue weighted by Gasteiger charge is -2.15. The van der Waals surface area contributed by atoms with Crippen LogP contribution in [-0.2, 0) is 0 Å². The number of amides is 1. The molecule has 0 aliphatic heterocycles. The number of pyridine rings is 1. The van der Waals surface area contributed by atoms with Crippen molar-refractivity contribution in [3.05, 3.63) is 28.5 Å². The maximum atomic E-state index is 11.9. The molecule has 16 heavy (non-hydrogen) atoms. The number of rotatable bonds is 5. The predicted octanol–water partition coefficient (Wildman–Crippen LogP) is 2.72. The van der Waals surface area contributed by atoms with E-state index in [0.717, 1.165) is 12.2 Å². The molecule has 88 valence electrons. The van der Waals surface area contributed by atoms with Gasteiger partial charge in [-0.25, -0.2) is 4.98 Å². The highest BCUT2D eigenvalue weighted by atomic mass is 79.9. The van der Waals surface area contributed by atoms with Gasteiger partial charge in [-0.2, -0.15) is 11.8 Å². The quantitative estimate of drug-likeness (QED) is 0.851. The van der Waals surface area contributed by atoms with Gasteiger partial charge < -0.3 is 5.32 Å². The molecule has 1 aromatic heterocycles. The molecule has 0 spiro atoms. The van der Waals surface area contributed by atoms with Crippen molar-refractivity contribution in [2.24, 2.45) is 0 Å². The molecule has 0 saturated carbocycles. The van der Waals surface area contributed by atoms with Crippen molar-refractivity contribution in [3.63, 3.8) is 0 Å². The maximum absolute atomic E-state index is 11.9. The van der Waals surface area contributed by atoms with Gasteiger partial charge in [-0.05, 0) is 40.7 Å². The number of halogens is 1. The third-order valence-electron chi connectivity index (χ3n) is 2.20. The molecule has 0 fully saturated rings. The van der Waals surface area contributed by atoms with E-state index in [1.807, 2.05) is 6.26 Å². The molecular weight excluding hydrogens is 288 g/mol. The highest BCUT2D eigenvalue weighted by molar-refractivity contribution is 9.10. The SMILES string of the molecule is CCC(CSC)NC(=O)c1cccnc1Br. The van der Waals surface area contributed by atoms with Crippen molar-refractivity contribution in [2.75, 3.05) is 12.0 Å². The van der Waals surface area contributed by atoms with Gasteiger partial charge in [0.1, 0.15) is 4.60 Å². The minimum atomic E-state index is -0.0686. The molecule has 1 atom stereocenters. The predicted molar refractivity (Wildman–Crippen MR) is 71.9 cm³/mol. The van der Waals surface area contributed by atoms with Crippen molar-refractivity contribution in [3.8, 4) is 0 Å². The first kappa shape index (κ1) is 13.5. The topological polar surface area (TPSA) is 42.0 Å². The van der Waals surface area contributed by atoms with Crippen LogP contribution in [0.15, 0.2) is 22.9 Å². The van der Waals surface area contributed by atoms with E-state index in [4.69, 9.17) is 0 Å². The van der Waals surface area contributed by atoms with Crippen LogP contribution in [0.3, 0.4) is 0 Å². The van der Waals surface area contributed by atoms with Crippen LogP contribution >= 0.6 is 27.7 Å². The summed E-state index contributed by atoms with van der Waals surface area (Å²) in [6, 6.07) is 3.74. The van der Waals surface area contributed by atoms with Gasteiger partial charge in [0.25, 0.3) is 5.91 Å². The Kier molecular flexibility index (Phi) is 5.84. The van der Waals surface area contributed by atoms with Crippen LogP contribution in [0.4, 0.5) is 0 Å². The van der Waals surface area contributed by atoms with Gasteiger partial charge in [-0.3, -0.25) is 4.79 Å². The number of thioether (sulfide) groups is 1. The van der Waals surface area contributed by atoms with Crippen LogP contribution in [-0.4, -0.2) is 28.9 Å². The minimum absolute atomic E-state index is 0.0686. The fourth-order valence-electron chi connectivity index (χ4n) is 1.28. The first-order valence-corrected chi connectivity index (χ1v) is 7.28. The molecule has 0 aliphatic carbocycles. The van der Waals surface area contributed by atoms with Crippen LogP contribution in [0.5, 0.6) is 0 Å². The molecular formula is C11H15BrN2OS. The number of hydrogen-bond donors (Lipinski definition) is 1. The molecule has 0 aliphatic rings. The van der Waals surface area contributed by atoms with Crippen LogP contribution in [0, 0.1) is 0 Å². The summed E-state index contributed by atoms with van der Waals surface area (Å²) >= 11 is 5.00. The van der Waals surface area contributed by atoms with Crippen LogP contribution in [0.1, 0.15) is 23.7 Å². The largest absolute Gasteiger partial charge is 0.348 e. The van der Waals surface area contributed by atoms with Gasteiger partial charge in [0.15, 0.2) is 0 Å². The lowest BCUT2D eigenvalue weighted by atomic mass is 10.2. The van der Waals surface area contributed by atoms with Gasteiger partial charge in [-0.1, -0.05) is 6.92 Å². The molecule has 1 heterocycles. The minimum Gasteiger partial charge on any atom is -0.348 e. The zero-order chi connectivity index (χ0) is 12.0. The molecule has 0 aromatic carbocycles. The second kappa shape index (κ2) is 6.91. The second-order valence-electron chi connectivity index (χ2n) is 3.38. The third-order valence-corrected chi connectivity index (χ3v) is 3.57. The number of nitrogens with one attached hydrogen (secondary N) is 1. The van der Waals surface area contributed by atoms with Gasteiger partial charge in [-0.15, -0.1) is 0 Å². The number of hydrogen-bond acceptors (Lipinski definition) is 3. The lowest BCUT2D eigenvalue weighted by Crippen LogP contribution is -2.36. The first-order valence-electron chi connectivity index (χ1n) is 5.09. The molecule has 1 N–H and O–H groups in total. The summed E-state index contributed by atoms with van der Waals surface area (Å²) in [6.45, 7) is 2.07. The van der Waals surface area contributed by atoms with E-state index in [-0.39, 0.29) is 11.9 Å². The average molecular weight is 303 g/mol. The number of carbonyl (C=O) groups is 1. The molecule has 0 bridgehead atoms. The van der Waals surface area contributed by atoms with Gasteiger partial charge in [0.2, 0.25) is 0 Å². The standard InChI is InChI=1S/C11H15BrN2OS/c1-3-8(7-16-2)14-11(15)9-5-4-6-13-10(9)12/h4-6,8H,3,7H2,1-2H3,(H,14,15). The maximum Gasteiger partial charge on any atom is 0.254 e. The fraction of sp³-hybridized carbons (Fsp3) is 0.455. The fourth-order valence-corrected chi connectivity index (χ4v) is 2.43. The van der Waals surface area contributed by atoms with Crippen molar-refractivity contribution in [1.29, 1.82) is 0 Å². The lowest BCUT2D eigenvalue weighted by molar-refractivity contribution is 0.0939. The Balaban J connectivity index is 2.68. The number of carbonyl (C=O) groups excluding carboxylic acids is 1. The Morgan fingerprint density at radius 3 is 3.00 bits per heavy atom. The molecule has 0 radical (unpaired) electrons. The Hall–Kier alpha value is -0.550. The highest BCUT2D eigenvalue weighted by Crippen LogP contribution is 2.13. The van der Waals surface area contributed by atoms with E-state index in [0.29, 0.717) is 10.2 Å². The summed E-state index contributed by atoms with van der Waals surface area (Å²) in [5, 5.41) is 2.99. The van der Waals surface area contributed by atoms with Crippen molar-refractivity contribution >= 4 is 33.6 Å². The average Bonchev–Trinajstić information content (AvgIpc) is 2.28. The Bertz CT molecular complexity index is 360. The highest BCUT2D eigenvalue weighted by Gasteiger charge is 2.14. The summed E-state index contributed by atoms with van der Waals surface area (Å²) in [5.74, 6) is 0.862. The zero-order valence-corrected chi connectivity index (χ0v) is 11.8. The smallest absolute Gasteiger partial charge is 0.254 e. The van der Waals surface area contributed by atoms with E-state index in [2.05, 4.69) is 33.2 Å². The summed E-state index contributed by atoms with van der Waals surface area (Å²) in [7, 11) is 0. The summed E-state index contributed by atoms with van der Waals surface area (Å²) in [4.78, 5) is 15.9. The van der Waals surface area contributed by atoms with E-state index >= 15 is 0 Å². The van der Waals surface area contributed by atoms with E-state index in [9.17, 15) is 4.79 Å². The summed E-state index contributed by atoms with van der Waals surface area (Å²) in [6.07, 6.45) is 4.62. The molecule has 1 amide bonds. The second-order valence-corrected chi connectivity index (χ2v) is 5.04. The molecule has 1 aromatic rings. The molecule has 1 rings (SSSR count). The van der Waals surface area contributed by atoms with E-state index < -0.39 is 0 Å². The van der Waals surface area contributed by atoms with Crippen LogP contribution in [0.25, 0.3) is 0 Å². The molecule has 1 unspecified atom stereocenters. The Morgan fingerprint density at radius 2 is 2.44 bits per heavy atom. The molecule has 0 saturated heterocycles. The summed E-state index contributed by atoms with van der Waals surface area (Å²) in [5.41, 5.74) is 0.585.